The Morgan fingerprint density at radius 3 is 2.62 bits per heavy atom. The fraction of sp³-hybridized carbons (Fsp3) is 0.636. The van der Waals surface area contributed by atoms with Crippen LogP contribution >= 0.6 is 11.6 Å². The standard InChI is InChI=1S/C11H14ClN3O/c12-10-1-2-11(14-13-10)16-9-7-15-5-3-8(9)4-6-15/h1-2,8-9H,3-7H2/t9-/m0/s1. The van der Waals surface area contributed by atoms with Gasteiger partial charge in [-0.2, -0.15) is 0 Å². The van der Waals surface area contributed by atoms with Crippen LogP contribution in [-0.2, 0) is 0 Å². The second kappa shape index (κ2) is 4.18. The fourth-order valence-corrected chi connectivity index (χ4v) is 2.67. The first-order chi connectivity index (χ1) is 7.81. The first-order valence-electron chi connectivity index (χ1n) is 5.69. The topological polar surface area (TPSA) is 38.2 Å². The van der Waals surface area contributed by atoms with Gasteiger partial charge in [0.1, 0.15) is 6.10 Å². The molecular weight excluding hydrogens is 226 g/mol. The van der Waals surface area contributed by atoms with Crippen LogP contribution < -0.4 is 4.74 Å². The van der Waals surface area contributed by atoms with Gasteiger partial charge in [0.15, 0.2) is 5.15 Å². The Morgan fingerprint density at radius 1 is 1.25 bits per heavy atom. The number of halogens is 1. The minimum atomic E-state index is 0.276. The van der Waals surface area contributed by atoms with E-state index in [1.54, 1.807) is 12.1 Å². The van der Waals surface area contributed by atoms with Crippen LogP contribution in [0.15, 0.2) is 12.1 Å². The van der Waals surface area contributed by atoms with Crippen molar-refractivity contribution < 1.29 is 4.74 Å². The first-order valence-corrected chi connectivity index (χ1v) is 6.07. The van der Waals surface area contributed by atoms with E-state index in [2.05, 4.69) is 15.1 Å². The van der Waals surface area contributed by atoms with Crippen molar-refractivity contribution in [2.45, 2.75) is 18.9 Å². The third-order valence-electron chi connectivity index (χ3n) is 3.48. The first kappa shape index (κ1) is 10.3. The van der Waals surface area contributed by atoms with E-state index in [-0.39, 0.29) is 6.10 Å². The van der Waals surface area contributed by atoms with Crippen LogP contribution in [-0.4, -0.2) is 40.8 Å². The Labute approximate surface area is 99.6 Å². The molecule has 0 spiro atoms. The third-order valence-corrected chi connectivity index (χ3v) is 3.68. The Balaban J connectivity index is 1.68. The van der Waals surface area contributed by atoms with Gasteiger partial charge in [0.25, 0.3) is 0 Å². The third kappa shape index (κ3) is 1.99. The van der Waals surface area contributed by atoms with E-state index in [1.165, 1.54) is 25.9 Å². The highest BCUT2D eigenvalue weighted by molar-refractivity contribution is 6.29. The highest BCUT2D eigenvalue weighted by Crippen LogP contribution is 2.30. The summed E-state index contributed by atoms with van der Waals surface area (Å²) in [6.07, 6.45) is 2.76. The van der Waals surface area contributed by atoms with E-state index in [9.17, 15) is 0 Å². The molecule has 16 heavy (non-hydrogen) atoms. The van der Waals surface area contributed by atoms with Crippen molar-refractivity contribution in [3.8, 4) is 5.88 Å². The average Bonchev–Trinajstić information content (AvgIpc) is 2.34. The quantitative estimate of drug-likeness (QED) is 0.786. The van der Waals surface area contributed by atoms with E-state index in [4.69, 9.17) is 16.3 Å². The molecule has 4 heterocycles. The van der Waals surface area contributed by atoms with Crippen molar-refractivity contribution in [2.24, 2.45) is 5.92 Å². The molecule has 86 valence electrons. The van der Waals surface area contributed by atoms with E-state index < -0.39 is 0 Å². The summed E-state index contributed by atoms with van der Waals surface area (Å²) in [7, 11) is 0. The summed E-state index contributed by atoms with van der Waals surface area (Å²) < 4.78 is 5.87. The number of ether oxygens (including phenoxy) is 1. The highest BCUT2D eigenvalue weighted by Gasteiger charge is 2.35. The summed E-state index contributed by atoms with van der Waals surface area (Å²) in [4.78, 5) is 2.45. The highest BCUT2D eigenvalue weighted by atomic mass is 35.5. The van der Waals surface area contributed by atoms with Crippen molar-refractivity contribution in [2.75, 3.05) is 19.6 Å². The summed E-state index contributed by atoms with van der Waals surface area (Å²) in [5.74, 6) is 1.27. The summed E-state index contributed by atoms with van der Waals surface area (Å²) in [6, 6.07) is 3.50. The SMILES string of the molecule is Clc1ccc(O[C@H]2CN3CCC2CC3)nn1. The van der Waals surface area contributed by atoms with Gasteiger partial charge in [0.2, 0.25) is 5.88 Å². The maximum Gasteiger partial charge on any atom is 0.233 e. The normalized spacial score (nSPS) is 32.7. The maximum atomic E-state index is 5.87. The average molecular weight is 240 g/mol. The molecule has 1 aromatic rings. The van der Waals surface area contributed by atoms with Crippen molar-refractivity contribution in [3.05, 3.63) is 17.3 Å². The molecule has 0 unspecified atom stereocenters. The monoisotopic (exact) mass is 239 g/mol. The number of fused-ring (bicyclic) bond motifs is 3. The van der Waals surface area contributed by atoms with E-state index >= 15 is 0 Å². The molecule has 3 aliphatic heterocycles. The lowest BCUT2D eigenvalue weighted by Crippen LogP contribution is -2.52. The zero-order valence-electron chi connectivity index (χ0n) is 8.97. The van der Waals surface area contributed by atoms with Crippen LogP contribution in [0.1, 0.15) is 12.8 Å². The molecule has 3 aliphatic rings. The Hall–Kier alpha value is -0.870. The lowest BCUT2D eigenvalue weighted by Gasteiger charge is -2.44. The number of aromatic nitrogens is 2. The molecular formula is C11H14ClN3O. The second-order valence-electron chi connectivity index (χ2n) is 4.49. The lowest BCUT2D eigenvalue weighted by atomic mass is 9.86. The molecule has 0 N–H and O–H groups in total. The molecule has 3 saturated heterocycles. The summed E-state index contributed by atoms with van der Waals surface area (Å²) in [5, 5.41) is 8.12. The zero-order chi connectivity index (χ0) is 11.0. The minimum absolute atomic E-state index is 0.276. The molecule has 0 amide bonds. The van der Waals surface area contributed by atoms with Gasteiger partial charge in [-0.3, -0.25) is 4.90 Å². The van der Waals surface area contributed by atoms with Crippen LogP contribution in [0.4, 0.5) is 0 Å². The van der Waals surface area contributed by atoms with Gasteiger partial charge in [0.05, 0.1) is 0 Å². The number of piperidine rings is 3. The molecule has 0 radical (unpaired) electrons. The van der Waals surface area contributed by atoms with Gasteiger partial charge in [-0.25, -0.2) is 0 Å². The maximum absolute atomic E-state index is 5.87. The van der Waals surface area contributed by atoms with E-state index in [0.29, 0.717) is 17.0 Å². The Kier molecular flexibility index (Phi) is 2.69. The number of hydrogen-bond acceptors (Lipinski definition) is 4. The number of nitrogens with zero attached hydrogens (tertiary/aromatic N) is 3. The Bertz CT molecular complexity index is 362. The summed E-state index contributed by atoms with van der Waals surface area (Å²) >= 11 is 5.68. The van der Waals surface area contributed by atoms with Crippen molar-refractivity contribution >= 4 is 11.6 Å². The molecule has 4 nitrogen and oxygen atoms in total. The number of hydrogen-bond donors (Lipinski definition) is 0. The van der Waals surface area contributed by atoms with Gasteiger partial charge >= 0.3 is 0 Å². The van der Waals surface area contributed by atoms with E-state index in [0.717, 1.165) is 6.54 Å². The molecule has 3 fully saturated rings. The van der Waals surface area contributed by atoms with E-state index in [1.807, 2.05) is 0 Å². The lowest BCUT2D eigenvalue weighted by molar-refractivity contribution is -0.0104. The second-order valence-corrected chi connectivity index (χ2v) is 4.88. The van der Waals surface area contributed by atoms with Crippen LogP contribution in [0.3, 0.4) is 0 Å². The zero-order valence-corrected chi connectivity index (χ0v) is 9.73. The van der Waals surface area contributed by atoms with Crippen LogP contribution in [0.5, 0.6) is 5.88 Å². The summed E-state index contributed by atoms with van der Waals surface area (Å²) in [5.41, 5.74) is 0. The van der Waals surface area contributed by atoms with Crippen LogP contribution in [0, 0.1) is 5.92 Å². The predicted molar refractivity (Wildman–Crippen MR) is 60.6 cm³/mol. The molecule has 2 bridgehead atoms. The largest absolute Gasteiger partial charge is 0.472 e. The molecule has 1 aromatic heterocycles. The van der Waals surface area contributed by atoms with Crippen molar-refractivity contribution in [3.63, 3.8) is 0 Å². The Morgan fingerprint density at radius 2 is 2.06 bits per heavy atom. The van der Waals surface area contributed by atoms with Gasteiger partial charge in [-0.05, 0) is 37.9 Å². The molecule has 0 aromatic carbocycles. The smallest absolute Gasteiger partial charge is 0.233 e. The fourth-order valence-electron chi connectivity index (χ4n) is 2.57. The predicted octanol–water partition coefficient (Wildman–Crippen LogP) is 1.60. The minimum Gasteiger partial charge on any atom is -0.472 e. The molecule has 4 rings (SSSR count). The van der Waals surface area contributed by atoms with Crippen molar-refractivity contribution in [1.29, 1.82) is 0 Å². The molecule has 5 heteroatoms. The van der Waals surface area contributed by atoms with Crippen molar-refractivity contribution in [1.82, 2.24) is 15.1 Å². The molecule has 1 atom stereocenters. The van der Waals surface area contributed by atoms with Gasteiger partial charge in [-0.1, -0.05) is 11.6 Å². The van der Waals surface area contributed by atoms with Gasteiger partial charge in [-0.15, -0.1) is 10.2 Å². The van der Waals surface area contributed by atoms with Crippen LogP contribution in [0.2, 0.25) is 5.15 Å². The molecule has 0 aliphatic carbocycles. The number of rotatable bonds is 2. The van der Waals surface area contributed by atoms with Gasteiger partial charge in [0, 0.05) is 12.6 Å². The van der Waals surface area contributed by atoms with Gasteiger partial charge < -0.3 is 4.74 Å². The summed E-state index contributed by atoms with van der Waals surface area (Å²) in [6.45, 7) is 3.46. The molecule has 0 saturated carbocycles. The van der Waals surface area contributed by atoms with Crippen LogP contribution in [0.25, 0.3) is 0 Å².